The molecule has 1 aliphatic heterocycles. The number of hydrogen-bond donors (Lipinski definition) is 2. The molecule has 0 spiro atoms. The lowest BCUT2D eigenvalue weighted by molar-refractivity contribution is -0.114. The number of nitrogens with one attached hydrogen (secondary N) is 2. The lowest BCUT2D eigenvalue weighted by Crippen LogP contribution is -2.29. The molecule has 7 heteroatoms. The van der Waals surface area contributed by atoms with Crippen molar-refractivity contribution in [1.29, 1.82) is 0 Å². The average molecular weight is 510 g/mol. The summed E-state index contributed by atoms with van der Waals surface area (Å²) in [6.45, 7) is 10.2. The molecule has 6 nitrogen and oxygen atoms in total. The standard InChI is InChI=1S/C30H31N5OS/c1-18-9-8-11-27(20(18)3)34-19(2)17-25(21(34)4)29-28(26-10-6-7-16-31-26)33-30(37)35(29)24-14-12-23(13-15-24)32-22(5)36/h6-17,28-29H,1-5H3,(H,32,36)(H,33,37)/t28-,29-/m1/s1. The second kappa shape index (κ2) is 9.82. The molecule has 37 heavy (non-hydrogen) atoms. The summed E-state index contributed by atoms with van der Waals surface area (Å²) in [6, 6.07) is 22.3. The van der Waals surface area contributed by atoms with E-state index in [0.717, 1.165) is 17.1 Å². The van der Waals surface area contributed by atoms with Gasteiger partial charge in [-0.3, -0.25) is 9.78 Å². The van der Waals surface area contributed by atoms with Crippen LogP contribution in [0.1, 0.15) is 52.8 Å². The van der Waals surface area contributed by atoms with Crippen LogP contribution in [0.15, 0.2) is 72.9 Å². The number of carbonyl (C=O) groups is 1. The third kappa shape index (κ3) is 4.51. The molecule has 3 heterocycles. The van der Waals surface area contributed by atoms with Gasteiger partial charge < -0.3 is 20.1 Å². The molecule has 0 aliphatic carbocycles. The van der Waals surface area contributed by atoms with E-state index >= 15 is 0 Å². The van der Waals surface area contributed by atoms with Crippen molar-refractivity contribution in [1.82, 2.24) is 14.9 Å². The molecule has 0 saturated carbocycles. The Balaban J connectivity index is 1.65. The van der Waals surface area contributed by atoms with Crippen LogP contribution in [0.4, 0.5) is 11.4 Å². The van der Waals surface area contributed by atoms with Crippen molar-refractivity contribution in [2.24, 2.45) is 0 Å². The van der Waals surface area contributed by atoms with E-state index in [1.54, 1.807) is 0 Å². The van der Waals surface area contributed by atoms with Crippen molar-refractivity contribution in [2.75, 3.05) is 10.2 Å². The predicted octanol–water partition coefficient (Wildman–Crippen LogP) is 6.24. The zero-order valence-corrected chi connectivity index (χ0v) is 22.6. The third-order valence-electron chi connectivity index (χ3n) is 7.17. The molecular weight excluding hydrogens is 478 g/mol. The fourth-order valence-electron chi connectivity index (χ4n) is 5.29. The molecule has 1 saturated heterocycles. The summed E-state index contributed by atoms with van der Waals surface area (Å²) in [7, 11) is 0. The van der Waals surface area contributed by atoms with E-state index in [1.807, 2.05) is 48.7 Å². The highest BCUT2D eigenvalue weighted by atomic mass is 32.1. The summed E-state index contributed by atoms with van der Waals surface area (Å²) in [5, 5.41) is 7.03. The van der Waals surface area contributed by atoms with E-state index in [-0.39, 0.29) is 18.0 Å². The summed E-state index contributed by atoms with van der Waals surface area (Å²) >= 11 is 5.90. The van der Waals surface area contributed by atoms with Gasteiger partial charge in [-0.25, -0.2) is 0 Å². The Morgan fingerprint density at radius 2 is 1.76 bits per heavy atom. The van der Waals surface area contributed by atoms with Gasteiger partial charge in [0.15, 0.2) is 5.11 Å². The summed E-state index contributed by atoms with van der Waals surface area (Å²) in [6.07, 6.45) is 1.82. The van der Waals surface area contributed by atoms with Gasteiger partial charge in [-0.05, 0) is 105 Å². The lowest BCUT2D eigenvalue weighted by atomic mass is 9.96. The summed E-state index contributed by atoms with van der Waals surface area (Å²) in [4.78, 5) is 18.4. The summed E-state index contributed by atoms with van der Waals surface area (Å²) in [5.74, 6) is -0.0990. The van der Waals surface area contributed by atoms with Crippen LogP contribution < -0.4 is 15.5 Å². The number of nitrogens with zero attached hydrogens (tertiary/aromatic N) is 3. The summed E-state index contributed by atoms with van der Waals surface area (Å²) < 4.78 is 2.34. The third-order valence-corrected chi connectivity index (χ3v) is 7.48. The molecule has 1 aliphatic rings. The summed E-state index contributed by atoms with van der Waals surface area (Å²) in [5.41, 5.74) is 9.88. The van der Waals surface area contributed by atoms with Crippen molar-refractivity contribution < 1.29 is 4.79 Å². The van der Waals surface area contributed by atoms with Crippen molar-refractivity contribution in [3.63, 3.8) is 0 Å². The number of carbonyl (C=O) groups excluding carboxylic acids is 1. The van der Waals surface area contributed by atoms with Crippen LogP contribution in [0.3, 0.4) is 0 Å². The number of anilines is 2. The number of hydrogen-bond acceptors (Lipinski definition) is 3. The Hall–Kier alpha value is -3.97. The molecule has 0 radical (unpaired) electrons. The number of rotatable bonds is 5. The number of aromatic nitrogens is 2. The van der Waals surface area contributed by atoms with Gasteiger partial charge in [0.1, 0.15) is 0 Å². The molecule has 188 valence electrons. The van der Waals surface area contributed by atoms with E-state index < -0.39 is 0 Å². The molecule has 4 aromatic rings. The molecule has 2 aromatic carbocycles. The number of thiocarbonyl (C=S) groups is 1. The monoisotopic (exact) mass is 509 g/mol. The average Bonchev–Trinajstić information content (AvgIpc) is 3.37. The number of pyridine rings is 1. The van der Waals surface area contributed by atoms with E-state index in [0.29, 0.717) is 5.11 Å². The Morgan fingerprint density at radius 3 is 2.43 bits per heavy atom. The second-order valence-corrected chi connectivity index (χ2v) is 9.99. The molecule has 5 rings (SSSR count). The maximum absolute atomic E-state index is 11.5. The highest BCUT2D eigenvalue weighted by molar-refractivity contribution is 7.80. The van der Waals surface area contributed by atoms with Crippen LogP contribution >= 0.6 is 12.2 Å². The number of benzene rings is 2. The molecule has 2 N–H and O–H groups in total. The normalized spacial score (nSPS) is 17.1. The van der Waals surface area contributed by atoms with Crippen LogP contribution in [0.5, 0.6) is 0 Å². The van der Waals surface area contributed by atoms with Gasteiger partial charge in [-0.1, -0.05) is 18.2 Å². The maximum atomic E-state index is 11.5. The Labute approximate surface area is 223 Å². The van der Waals surface area contributed by atoms with Crippen molar-refractivity contribution in [3.05, 3.63) is 107 Å². The lowest BCUT2D eigenvalue weighted by Gasteiger charge is -2.28. The van der Waals surface area contributed by atoms with Crippen molar-refractivity contribution >= 4 is 34.6 Å². The fraction of sp³-hybridized carbons (Fsp3) is 0.233. The quantitative estimate of drug-likeness (QED) is 0.312. The molecule has 1 fully saturated rings. The van der Waals surface area contributed by atoms with Crippen molar-refractivity contribution in [2.45, 2.75) is 46.7 Å². The number of aryl methyl sites for hydroxylation is 2. The van der Waals surface area contributed by atoms with E-state index in [1.165, 1.54) is 40.7 Å². The maximum Gasteiger partial charge on any atom is 0.221 e. The van der Waals surface area contributed by atoms with Gasteiger partial charge >= 0.3 is 0 Å². The van der Waals surface area contributed by atoms with Gasteiger partial charge in [0.2, 0.25) is 5.91 Å². The van der Waals surface area contributed by atoms with Crippen LogP contribution in [0, 0.1) is 27.7 Å². The Morgan fingerprint density at radius 1 is 1.00 bits per heavy atom. The fourth-order valence-corrected chi connectivity index (χ4v) is 5.64. The van der Waals surface area contributed by atoms with Gasteiger partial charge in [0.25, 0.3) is 0 Å². The first-order valence-electron chi connectivity index (χ1n) is 12.4. The van der Waals surface area contributed by atoms with E-state index in [9.17, 15) is 4.79 Å². The van der Waals surface area contributed by atoms with Gasteiger partial charge in [0, 0.05) is 41.6 Å². The first-order valence-corrected chi connectivity index (χ1v) is 12.8. The molecule has 2 atom stereocenters. The Bertz CT molecular complexity index is 1480. The van der Waals surface area contributed by atoms with Crippen LogP contribution in [-0.2, 0) is 4.79 Å². The molecular formula is C30H31N5OS. The van der Waals surface area contributed by atoms with Crippen molar-refractivity contribution in [3.8, 4) is 5.69 Å². The van der Waals surface area contributed by atoms with Crippen LogP contribution in [-0.4, -0.2) is 20.6 Å². The first kappa shape index (κ1) is 24.7. The smallest absolute Gasteiger partial charge is 0.221 e. The van der Waals surface area contributed by atoms with Crippen LogP contribution in [0.2, 0.25) is 0 Å². The highest BCUT2D eigenvalue weighted by Gasteiger charge is 2.42. The Kier molecular flexibility index (Phi) is 6.56. The largest absolute Gasteiger partial charge is 0.351 e. The molecule has 0 unspecified atom stereocenters. The van der Waals surface area contributed by atoms with Gasteiger partial charge in [-0.2, -0.15) is 0 Å². The predicted molar refractivity (Wildman–Crippen MR) is 153 cm³/mol. The van der Waals surface area contributed by atoms with Gasteiger partial charge in [0.05, 0.1) is 17.8 Å². The highest BCUT2D eigenvalue weighted by Crippen LogP contribution is 2.44. The van der Waals surface area contributed by atoms with Crippen LogP contribution in [0.25, 0.3) is 5.69 Å². The second-order valence-electron chi connectivity index (χ2n) is 9.61. The zero-order chi connectivity index (χ0) is 26.3. The van der Waals surface area contributed by atoms with Gasteiger partial charge in [-0.15, -0.1) is 0 Å². The topological polar surface area (TPSA) is 62.2 Å². The molecule has 2 aromatic heterocycles. The molecule has 1 amide bonds. The van der Waals surface area contributed by atoms with E-state index in [4.69, 9.17) is 12.2 Å². The minimum atomic E-state index is -0.128. The minimum absolute atomic E-state index is 0.0990. The zero-order valence-electron chi connectivity index (χ0n) is 21.7. The van der Waals surface area contributed by atoms with E-state index in [2.05, 4.69) is 77.0 Å². The SMILES string of the molecule is CC(=O)Nc1ccc(N2C(=S)N[C@H](c3ccccn3)[C@H]2c2cc(C)n(-c3cccc(C)c3C)c2C)cc1. The first-order chi connectivity index (χ1) is 17.8. The minimum Gasteiger partial charge on any atom is -0.351 e. The number of amides is 1. The molecule has 0 bridgehead atoms.